The fraction of sp³-hybridized carbons (Fsp3) is 0. The number of aromatic nitrogens is 4. The Balaban J connectivity index is 0.000000181. The molecule has 0 amide bonds. The van der Waals surface area contributed by atoms with Crippen LogP contribution in [0.15, 0.2) is 313 Å². The van der Waals surface area contributed by atoms with Gasteiger partial charge in [0.15, 0.2) is 16.1 Å². The summed E-state index contributed by atoms with van der Waals surface area (Å²) in [5.41, 5.74) is 6.95. The van der Waals surface area contributed by atoms with Crippen molar-refractivity contribution in [2.45, 2.75) is 0 Å². The molecule has 14 aromatic rings. The summed E-state index contributed by atoms with van der Waals surface area (Å²) in [6.07, 6.45) is 7.72. The van der Waals surface area contributed by atoms with Gasteiger partial charge in [0, 0.05) is 66.7 Å². The highest BCUT2D eigenvalue weighted by Gasteiger charge is 2.42. The molecule has 0 fully saturated rings. The molecular weight excluding hydrogens is 1110 g/mol. The fourth-order valence-corrected chi connectivity index (χ4v) is 22.0. The largest absolute Gasteiger partial charge is 0.309 e. The van der Waals surface area contributed by atoms with Crippen LogP contribution in [0.4, 0.5) is 0 Å². The molecule has 4 heterocycles. The molecule has 0 N–H and O–H groups in total. The molecular formula is C70H50Br2N4Si2. The zero-order valence-electron chi connectivity index (χ0n) is 42.4. The van der Waals surface area contributed by atoms with E-state index in [0.29, 0.717) is 0 Å². The van der Waals surface area contributed by atoms with Gasteiger partial charge in [-0.25, -0.2) is 0 Å². The molecule has 0 bridgehead atoms. The van der Waals surface area contributed by atoms with Crippen LogP contribution in [-0.4, -0.2) is 35.2 Å². The van der Waals surface area contributed by atoms with E-state index in [1.165, 1.54) is 63.3 Å². The molecule has 10 aromatic carbocycles. The van der Waals surface area contributed by atoms with E-state index in [1.54, 1.807) is 0 Å². The third-order valence-electron chi connectivity index (χ3n) is 15.4. The molecule has 0 radical (unpaired) electrons. The molecule has 78 heavy (non-hydrogen) atoms. The van der Waals surface area contributed by atoms with Crippen LogP contribution in [0.1, 0.15) is 0 Å². The van der Waals surface area contributed by atoms with Gasteiger partial charge in [0.05, 0.1) is 22.1 Å². The zero-order valence-corrected chi connectivity index (χ0v) is 47.6. The van der Waals surface area contributed by atoms with Gasteiger partial charge in [-0.05, 0) is 114 Å². The van der Waals surface area contributed by atoms with E-state index in [9.17, 15) is 0 Å². The van der Waals surface area contributed by atoms with E-state index in [2.05, 4.69) is 330 Å². The second-order valence-corrected chi connectivity index (χ2v) is 29.0. The number of hydrogen-bond donors (Lipinski definition) is 0. The number of rotatable bonds is 10. The summed E-state index contributed by atoms with van der Waals surface area (Å²) in [4.78, 5) is 8.91. The first kappa shape index (κ1) is 49.1. The Bertz CT molecular complexity index is 3970. The molecule has 0 aliphatic rings. The highest BCUT2D eigenvalue weighted by molar-refractivity contribution is 9.10. The summed E-state index contributed by atoms with van der Waals surface area (Å²) in [5.74, 6) is 0. The van der Waals surface area contributed by atoms with Crippen molar-refractivity contribution in [3.63, 3.8) is 0 Å². The quantitative estimate of drug-likeness (QED) is 0.101. The van der Waals surface area contributed by atoms with Crippen LogP contribution >= 0.6 is 31.9 Å². The Labute approximate surface area is 472 Å². The maximum absolute atomic E-state index is 4.46. The summed E-state index contributed by atoms with van der Waals surface area (Å²) in [7, 11) is -5.16. The second kappa shape index (κ2) is 21.1. The van der Waals surface area contributed by atoms with Crippen molar-refractivity contribution in [3.05, 3.63) is 313 Å². The molecule has 4 nitrogen and oxygen atoms in total. The molecule has 0 saturated carbocycles. The number of hydrogen-bond acceptors (Lipinski definition) is 2. The number of para-hydroxylation sites is 2. The maximum atomic E-state index is 4.46. The van der Waals surface area contributed by atoms with Gasteiger partial charge < -0.3 is 9.13 Å². The van der Waals surface area contributed by atoms with Crippen molar-refractivity contribution in [2.75, 3.05) is 0 Å². The maximum Gasteiger partial charge on any atom is 0.179 e. The smallest absolute Gasteiger partial charge is 0.179 e. The highest BCUT2D eigenvalue weighted by Crippen LogP contribution is 2.33. The Hall–Kier alpha value is -8.51. The van der Waals surface area contributed by atoms with Crippen LogP contribution in [0.2, 0.25) is 0 Å². The minimum Gasteiger partial charge on any atom is -0.309 e. The molecule has 0 aliphatic carbocycles. The van der Waals surface area contributed by atoms with Gasteiger partial charge in [-0.15, -0.1) is 0 Å². The third-order valence-corrected chi connectivity index (χ3v) is 26.1. The first-order chi connectivity index (χ1) is 38.5. The van der Waals surface area contributed by atoms with Crippen LogP contribution in [0, 0.1) is 0 Å². The van der Waals surface area contributed by atoms with Crippen LogP contribution in [0.3, 0.4) is 0 Å². The van der Waals surface area contributed by atoms with E-state index < -0.39 is 16.1 Å². The first-order valence-corrected chi connectivity index (χ1v) is 31.7. The topological polar surface area (TPSA) is 35.6 Å². The summed E-state index contributed by atoms with van der Waals surface area (Å²) < 4.78 is 6.93. The number of halogens is 2. The van der Waals surface area contributed by atoms with E-state index >= 15 is 0 Å². The summed E-state index contributed by atoms with van der Waals surface area (Å²) >= 11 is 7.20. The number of benzene rings is 10. The molecule has 14 rings (SSSR count). The van der Waals surface area contributed by atoms with Gasteiger partial charge in [-0.3, -0.25) is 9.97 Å². The lowest BCUT2D eigenvalue weighted by Gasteiger charge is -2.34. The van der Waals surface area contributed by atoms with Crippen LogP contribution in [-0.2, 0) is 0 Å². The molecule has 4 aromatic heterocycles. The minimum absolute atomic E-state index is 1.10. The van der Waals surface area contributed by atoms with Gasteiger partial charge in [0.2, 0.25) is 0 Å². The third kappa shape index (κ3) is 8.49. The number of nitrogens with zero attached hydrogens (tertiary/aromatic N) is 4. The Kier molecular flexibility index (Phi) is 13.3. The summed E-state index contributed by atoms with van der Waals surface area (Å²) in [6.45, 7) is 0. The predicted molar refractivity (Wildman–Crippen MR) is 340 cm³/mol. The average Bonchev–Trinajstić information content (AvgIpc) is 4.08. The van der Waals surface area contributed by atoms with E-state index in [-0.39, 0.29) is 0 Å². The normalized spacial score (nSPS) is 11.7. The Morgan fingerprint density at radius 3 is 0.821 bits per heavy atom. The number of fused-ring (bicyclic) bond motifs is 6. The Morgan fingerprint density at radius 1 is 0.244 bits per heavy atom. The Morgan fingerprint density at radius 2 is 0.500 bits per heavy atom. The van der Waals surface area contributed by atoms with Crippen molar-refractivity contribution >= 4 is 133 Å². The first-order valence-electron chi connectivity index (χ1n) is 26.2. The average molecular weight is 1160 g/mol. The van der Waals surface area contributed by atoms with Crippen LogP contribution in [0.5, 0.6) is 0 Å². The van der Waals surface area contributed by atoms with E-state index in [4.69, 9.17) is 0 Å². The van der Waals surface area contributed by atoms with E-state index in [0.717, 1.165) is 42.1 Å². The minimum atomic E-state index is -2.77. The SMILES string of the molecule is Brc1ccc([Si](c2ccccc2)(c2ccccc2)c2ccc(Br)cc2)cc1.c1ccc([Si](c2ccccc2)(c2ccc(-n3c4ccccc4c4cnccc43)cc2)c2ccc(-n3c4ccccc4c4cnccc43)cc2)cc1. The van der Waals surface area contributed by atoms with Gasteiger partial charge in [0.1, 0.15) is 0 Å². The van der Waals surface area contributed by atoms with Crippen LogP contribution in [0.25, 0.3) is 55.0 Å². The molecule has 372 valence electrons. The fourth-order valence-electron chi connectivity index (χ4n) is 12.1. The van der Waals surface area contributed by atoms with Crippen LogP contribution < -0.4 is 41.5 Å². The van der Waals surface area contributed by atoms with Gasteiger partial charge >= 0.3 is 0 Å². The van der Waals surface area contributed by atoms with Gasteiger partial charge in [-0.1, -0.05) is 238 Å². The molecule has 8 heteroatoms. The highest BCUT2D eigenvalue weighted by atomic mass is 79.9. The predicted octanol–water partition coefficient (Wildman–Crippen LogP) is 12.6. The number of pyridine rings is 2. The van der Waals surface area contributed by atoms with E-state index in [1.807, 2.05) is 24.8 Å². The standard InChI is InChI=1S/C46H32N4Si.C24H18Br2Si/c1-3-11-35(12-4-1)51(36-13-5-2-6-14-36,37-23-19-33(20-24-37)49-43-17-9-7-15-39(43)41-31-47-29-27-45(41)49)38-25-21-34(22-26-38)50-44-18-10-8-16-40(44)42-32-48-30-28-46(42)50;25-19-11-15-23(16-12-19)27(21-7-3-1-4-8-21,22-9-5-2-6-10-22)24-17-13-20(26)14-18-24/h1-32H;1-18H. The monoisotopic (exact) mass is 1160 g/mol. The van der Waals surface area contributed by atoms with Crippen molar-refractivity contribution in [2.24, 2.45) is 0 Å². The van der Waals surface area contributed by atoms with Crippen molar-refractivity contribution < 1.29 is 0 Å². The van der Waals surface area contributed by atoms with Crippen molar-refractivity contribution in [1.29, 1.82) is 0 Å². The van der Waals surface area contributed by atoms with Gasteiger partial charge in [0.25, 0.3) is 0 Å². The lowest BCUT2D eigenvalue weighted by molar-refractivity contribution is 1.18. The molecule has 0 aliphatic heterocycles. The summed E-state index contributed by atoms with van der Waals surface area (Å²) in [6, 6.07) is 102. The molecule has 0 spiro atoms. The summed E-state index contributed by atoms with van der Waals surface area (Å²) in [5, 5.41) is 15.7. The molecule has 0 saturated heterocycles. The lowest BCUT2D eigenvalue weighted by atomic mass is 10.2. The van der Waals surface area contributed by atoms with Gasteiger partial charge in [-0.2, -0.15) is 0 Å². The zero-order chi connectivity index (χ0) is 52.5. The lowest BCUT2D eigenvalue weighted by Crippen LogP contribution is -2.74. The van der Waals surface area contributed by atoms with Crippen molar-refractivity contribution in [1.82, 2.24) is 19.1 Å². The second-order valence-electron chi connectivity index (χ2n) is 19.6. The molecule has 0 atom stereocenters. The molecule has 0 unspecified atom stereocenters. The van der Waals surface area contributed by atoms with Crippen molar-refractivity contribution in [3.8, 4) is 11.4 Å².